The predicted molar refractivity (Wildman–Crippen MR) is 40.3 cm³/mol. The Kier molecular flexibility index (Phi) is 2.10. The van der Waals surface area contributed by atoms with Crippen LogP contribution in [0.15, 0.2) is 0 Å². The molecule has 2 nitrogen and oxygen atoms in total. The maximum atomic E-state index is 9.96. The quantitative estimate of drug-likeness (QED) is 0.554. The van der Waals surface area contributed by atoms with Gasteiger partial charge in [-0.3, -0.25) is 4.79 Å². The van der Waals surface area contributed by atoms with Gasteiger partial charge >= 0.3 is 5.97 Å². The number of carbonyl (C=O) groups is 1. The van der Waals surface area contributed by atoms with Crippen LogP contribution in [0.5, 0.6) is 0 Å². The molecule has 0 saturated heterocycles. The van der Waals surface area contributed by atoms with Crippen LogP contribution in [0.3, 0.4) is 0 Å². The minimum absolute atomic E-state index is 0.104. The van der Waals surface area contributed by atoms with E-state index in [1.54, 1.807) is 6.26 Å². The molecule has 0 aromatic rings. The SMILES string of the molecule is C=S(=C)(C)CC(=O)O. The molecule has 0 aliphatic carbocycles. The summed E-state index contributed by atoms with van der Waals surface area (Å²) in [6, 6.07) is 0. The van der Waals surface area contributed by atoms with Crippen LogP contribution >= 0.6 is 9.21 Å². The number of carboxylic acid groups (broad SMARTS) is 1. The van der Waals surface area contributed by atoms with Gasteiger partial charge in [0, 0.05) is 0 Å². The van der Waals surface area contributed by atoms with Gasteiger partial charge in [-0.05, 0) is 6.26 Å². The van der Waals surface area contributed by atoms with Crippen molar-refractivity contribution in [1.29, 1.82) is 0 Å². The lowest BCUT2D eigenvalue weighted by Gasteiger charge is -1.99. The fourth-order valence-corrected chi connectivity index (χ4v) is 0.894. The highest BCUT2D eigenvalue weighted by Gasteiger charge is 1.95. The van der Waals surface area contributed by atoms with Crippen molar-refractivity contribution < 1.29 is 9.90 Å². The standard InChI is InChI=1S/C5H10O2S/c1-8(2,3)4-5(6)7/h1-2,4H2,3H3,(H,6,7). The van der Waals surface area contributed by atoms with Crippen molar-refractivity contribution in [3.05, 3.63) is 0 Å². The summed E-state index contributed by atoms with van der Waals surface area (Å²) >= 11 is 0. The molecule has 0 aliphatic rings. The van der Waals surface area contributed by atoms with E-state index in [1.165, 1.54) is 0 Å². The van der Waals surface area contributed by atoms with Gasteiger partial charge in [-0.15, -0.1) is 0 Å². The molecule has 0 atom stereocenters. The summed E-state index contributed by atoms with van der Waals surface area (Å²) in [6.07, 6.45) is 1.76. The lowest BCUT2D eigenvalue weighted by molar-refractivity contribution is -0.133. The van der Waals surface area contributed by atoms with Crippen LogP contribution in [0.25, 0.3) is 0 Å². The Morgan fingerprint density at radius 3 is 2.12 bits per heavy atom. The van der Waals surface area contributed by atoms with E-state index in [0.29, 0.717) is 0 Å². The summed E-state index contributed by atoms with van der Waals surface area (Å²) in [7, 11) is -1.32. The monoisotopic (exact) mass is 134 g/mol. The average Bonchev–Trinajstić information content (AvgIpc) is 1.21. The molecule has 0 aromatic heterocycles. The molecule has 0 aromatic carbocycles. The molecule has 0 heterocycles. The Bertz CT molecular complexity index is 177. The first-order valence-corrected chi connectivity index (χ1v) is 4.60. The van der Waals surface area contributed by atoms with Crippen LogP contribution in [0.2, 0.25) is 0 Å². The van der Waals surface area contributed by atoms with Gasteiger partial charge < -0.3 is 5.11 Å². The van der Waals surface area contributed by atoms with E-state index in [2.05, 4.69) is 11.7 Å². The predicted octanol–water partition coefficient (Wildman–Crippen LogP) is 0.369. The topological polar surface area (TPSA) is 37.3 Å². The molecule has 0 amide bonds. The summed E-state index contributed by atoms with van der Waals surface area (Å²) in [5.74, 6) is 6.50. The van der Waals surface area contributed by atoms with Gasteiger partial charge in [0.15, 0.2) is 0 Å². The second-order valence-electron chi connectivity index (χ2n) is 2.02. The zero-order chi connectivity index (χ0) is 6.78. The lowest BCUT2D eigenvalue weighted by atomic mass is 10.8. The summed E-state index contributed by atoms with van der Waals surface area (Å²) in [5.41, 5.74) is 0. The molecule has 0 radical (unpaired) electrons. The average molecular weight is 134 g/mol. The van der Waals surface area contributed by atoms with Crippen molar-refractivity contribution in [3.63, 3.8) is 0 Å². The number of rotatable bonds is 2. The molecule has 0 spiro atoms. The maximum absolute atomic E-state index is 9.96. The molecule has 1 N–H and O–H groups in total. The number of carboxylic acids is 1. The van der Waals surface area contributed by atoms with E-state index < -0.39 is 15.2 Å². The third kappa shape index (κ3) is 5.56. The van der Waals surface area contributed by atoms with E-state index in [1.807, 2.05) is 0 Å². The Morgan fingerprint density at radius 2 is 2.12 bits per heavy atom. The van der Waals surface area contributed by atoms with Gasteiger partial charge in [0.1, 0.15) is 0 Å². The molecule has 48 valence electrons. The largest absolute Gasteiger partial charge is 0.481 e. The lowest BCUT2D eigenvalue weighted by Crippen LogP contribution is -2.00. The highest BCUT2D eigenvalue weighted by Crippen LogP contribution is 2.09. The van der Waals surface area contributed by atoms with Gasteiger partial charge in [-0.2, -0.15) is 0 Å². The summed E-state index contributed by atoms with van der Waals surface area (Å²) in [5, 5.41) is 8.19. The first kappa shape index (κ1) is 7.56. The molecule has 3 heteroatoms. The zero-order valence-corrected chi connectivity index (χ0v) is 5.70. The second-order valence-corrected chi connectivity index (χ2v) is 5.26. The van der Waals surface area contributed by atoms with Crippen LogP contribution in [0, 0.1) is 0 Å². The second kappa shape index (κ2) is 2.22. The fraction of sp³-hybridized carbons (Fsp3) is 0.400. The van der Waals surface area contributed by atoms with Crippen molar-refractivity contribution in [2.45, 2.75) is 0 Å². The Hall–Kier alpha value is -0.440. The molecule has 0 unspecified atom stereocenters. The molecule has 0 bridgehead atoms. The number of hydrogen-bond donors (Lipinski definition) is 1. The van der Waals surface area contributed by atoms with E-state index in [-0.39, 0.29) is 5.75 Å². The van der Waals surface area contributed by atoms with E-state index >= 15 is 0 Å². The summed E-state index contributed by atoms with van der Waals surface area (Å²) in [4.78, 5) is 9.96. The third-order valence-corrected chi connectivity index (χ3v) is 1.42. The molecule has 0 rings (SSSR count). The molecule has 0 fully saturated rings. The maximum Gasteiger partial charge on any atom is 0.312 e. The van der Waals surface area contributed by atoms with Gasteiger partial charge in [-0.25, -0.2) is 9.21 Å². The molecule has 0 aliphatic heterocycles. The van der Waals surface area contributed by atoms with Gasteiger partial charge in [0.05, 0.1) is 5.75 Å². The van der Waals surface area contributed by atoms with Crippen LogP contribution in [-0.4, -0.2) is 34.8 Å². The normalized spacial score (nSPS) is 11.1. The van der Waals surface area contributed by atoms with E-state index in [9.17, 15) is 4.79 Å². The Labute approximate surface area is 49.6 Å². The first-order valence-electron chi connectivity index (χ1n) is 2.06. The van der Waals surface area contributed by atoms with Crippen molar-refractivity contribution in [3.8, 4) is 0 Å². The minimum Gasteiger partial charge on any atom is -0.481 e. The first-order chi connectivity index (χ1) is 3.42. The smallest absolute Gasteiger partial charge is 0.312 e. The number of hydrogen-bond acceptors (Lipinski definition) is 1. The van der Waals surface area contributed by atoms with Crippen molar-refractivity contribution in [2.24, 2.45) is 0 Å². The van der Waals surface area contributed by atoms with Gasteiger partial charge in [-0.1, -0.05) is 11.7 Å². The molecule has 0 saturated carbocycles. The summed E-state index contributed by atoms with van der Waals surface area (Å²) < 4.78 is 0. The van der Waals surface area contributed by atoms with Crippen LogP contribution in [0.4, 0.5) is 0 Å². The minimum atomic E-state index is -1.32. The molecular weight excluding hydrogens is 124 g/mol. The van der Waals surface area contributed by atoms with Crippen molar-refractivity contribution >= 4 is 26.9 Å². The van der Waals surface area contributed by atoms with Gasteiger partial charge in [0.2, 0.25) is 0 Å². The van der Waals surface area contributed by atoms with Crippen LogP contribution in [0.1, 0.15) is 0 Å². The fourth-order valence-electron chi connectivity index (χ4n) is 0.298. The van der Waals surface area contributed by atoms with E-state index in [0.717, 1.165) is 0 Å². The van der Waals surface area contributed by atoms with Crippen LogP contribution in [-0.2, 0) is 4.79 Å². The van der Waals surface area contributed by atoms with Gasteiger partial charge in [0.25, 0.3) is 0 Å². The third-order valence-electron chi connectivity index (χ3n) is 0.472. The van der Waals surface area contributed by atoms with Crippen molar-refractivity contribution in [2.75, 3.05) is 12.0 Å². The van der Waals surface area contributed by atoms with Crippen LogP contribution < -0.4 is 0 Å². The van der Waals surface area contributed by atoms with E-state index in [4.69, 9.17) is 5.11 Å². The number of aliphatic carboxylic acids is 1. The zero-order valence-electron chi connectivity index (χ0n) is 4.89. The Balaban J connectivity index is 3.95. The molecule has 8 heavy (non-hydrogen) atoms. The highest BCUT2D eigenvalue weighted by molar-refractivity contribution is 8.27. The highest BCUT2D eigenvalue weighted by atomic mass is 32.2. The Morgan fingerprint density at radius 1 is 1.75 bits per heavy atom. The molecular formula is C5H10O2S. The van der Waals surface area contributed by atoms with Crippen molar-refractivity contribution in [1.82, 2.24) is 0 Å². The summed E-state index contributed by atoms with van der Waals surface area (Å²) in [6.45, 7) is 0.